The molecule has 4 nitrogen and oxygen atoms in total. The van der Waals surface area contributed by atoms with Crippen molar-refractivity contribution in [2.45, 2.75) is 44.4 Å². The molecule has 4 unspecified atom stereocenters. The van der Waals surface area contributed by atoms with Crippen molar-refractivity contribution in [3.63, 3.8) is 0 Å². The summed E-state index contributed by atoms with van der Waals surface area (Å²) in [5.74, 6) is 0.291. The third kappa shape index (κ3) is 1.22. The number of esters is 1. The van der Waals surface area contributed by atoms with Crippen LogP contribution in [0.15, 0.2) is 12.2 Å². The predicted molar refractivity (Wildman–Crippen MR) is 56.5 cm³/mol. The summed E-state index contributed by atoms with van der Waals surface area (Å²) in [4.78, 5) is 24.8. The van der Waals surface area contributed by atoms with Gasteiger partial charge in [0, 0.05) is 11.5 Å². The monoisotopic (exact) mass is 221 g/mol. The van der Waals surface area contributed by atoms with E-state index in [2.05, 4.69) is 6.58 Å². The zero-order chi connectivity index (χ0) is 11.4. The number of nitrogens with zero attached hydrogens (tertiary/aromatic N) is 1. The van der Waals surface area contributed by atoms with Crippen LogP contribution in [0, 0.1) is 5.92 Å². The van der Waals surface area contributed by atoms with Crippen LogP contribution < -0.4 is 0 Å². The second kappa shape index (κ2) is 3.09. The van der Waals surface area contributed by atoms with Crippen LogP contribution in [0.4, 0.5) is 0 Å². The van der Waals surface area contributed by atoms with Crippen molar-refractivity contribution in [2.24, 2.45) is 5.92 Å². The van der Waals surface area contributed by atoms with E-state index in [0.29, 0.717) is 11.5 Å². The maximum absolute atomic E-state index is 11.5. The summed E-state index contributed by atoms with van der Waals surface area (Å²) in [5.41, 5.74) is 0.429. The Morgan fingerprint density at radius 2 is 2.25 bits per heavy atom. The molecule has 3 rings (SSSR count). The topological polar surface area (TPSA) is 46.4 Å². The van der Waals surface area contributed by atoms with Gasteiger partial charge in [0.25, 0.3) is 0 Å². The highest BCUT2D eigenvalue weighted by molar-refractivity contribution is 5.98. The molecular weight excluding hydrogens is 206 g/mol. The van der Waals surface area contributed by atoms with Gasteiger partial charge in [-0.2, -0.15) is 0 Å². The lowest BCUT2D eigenvalue weighted by Gasteiger charge is -2.29. The lowest BCUT2D eigenvalue weighted by Crippen LogP contribution is -2.41. The first-order valence-electron chi connectivity index (χ1n) is 5.78. The first kappa shape index (κ1) is 9.87. The Bertz CT molecular complexity index is 390. The van der Waals surface area contributed by atoms with Crippen molar-refractivity contribution < 1.29 is 14.3 Å². The maximum atomic E-state index is 11.5. The number of ether oxygens (including phenoxy) is 1. The van der Waals surface area contributed by atoms with Gasteiger partial charge in [-0.1, -0.05) is 6.58 Å². The van der Waals surface area contributed by atoms with E-state index in [-0.39, 0.29) is 30.1 Å². The first-order chi connectivity index (χ1) is 7.59. The van der Waals surface area contributed by atoms with Crippen LogP contribution in [-0.2, 0) is 14.3 Å². The Morgan fingerprint density at radius 3 is 2.94 bits per heavy atom. The SMILES string of the molecule is C=C(C)C(=O)OC1C2CCC1N1C(=O)C1C2. The molecule has 2 aliphatic heterocycles. The molecule has 1 saturated carbocycles. The Hall–Kier alpha value is -1.32. The highest BCUT2D eigenvalue weighted by Crippen LogP contribution is 2.48. The fraction of sp³-hybridized carbons (Fsp3) is 0.667. The van der Waals surface area contributed by atoms with Crippen molar-refractivity contribution in [2.75, 3.05) is 0 Å². The number of carbonyl (C=O) groups excluding carboxylic acids is 2. The van der Waals surface area contributed by atoms with Gasteiger partial charge in [0.15, 0.2) is 0 Å². The average molecular weight is 221 g/mol. The molecule has 86 valence electrons. The van der Waals surface area contributed by atoms with Crippen LogP contribution in [0.1, 0.15) is 26.2 Å². The number of rotatable bonds is 2. The van der Waals surface area contributed by atoms with E-state index in [4.69, 9.17) is 4.74 Å². The Balaban J connectivity index is 1.75. The molecule has 1 aliphatic carbocycles. The Morgan fingerprint density at radius 1 is 1.50 bits per heavy atom. The summed E-state index contributed by atoms with van der Waals surface area (Å²) in [7, 11) is 0. The van der Waals surface area contributed by atoms with Gasteiger partial charge in [-0.15, -0.1) is 0 Å². The normalized spacial score (nSPS) is 39.3. The van der Waals surface area contributed by atoms with Gasteiger partial charge in [-0.05, 0) is 26.2 Å². The smallest absolute Gasteiger partial charge is 0.333 e. The summed E-state index contributed by atoms with van der Waals surface area (Å²) in [6.07, 6.45) is 2.82. The number of hydrogen-bond acceptors (Lipinski definition) is 3. The van der Waals surface area contributed by atoms with Gasteiger partial charge in [-0.3, -0.25) is 4.79 Å². The van der Waals surface area contributed by atoms with Crippen LogP contribution in [-0.4, -0.2) is 35.0 Å². The second-order valence-corrected chi connectivity index (χ2v) is 5.05. The number of piperidine rings is 1. The number of amides is 1. The average Bonchev–Trinajstić information content (AvgIpc) is 2.79. The van der Waals surface area contributed by atoms with Crippen molar-refractivity contribution in [3.05, 3.63) is 12.2 Å². The quantitative estimate of drug-likeness (QED) is 0.395. The minimum absolute atomic E-state index is 0.0908. The highest BCUT2D eigenvalue weighted by Gasteiger charge is 2.61. The zero-order valence-electron chi connectivity index (χ0n) is 9.31. The summed E-state index contributed by atoms with van der Waals surface area (Å²) < 4.78 is 5.45. The van der Waals surface area contributed by atoms with Gasteiger partial charge in [-0.25, -0.2) is 4.79 Å². The summed E-state index contributed by atoms with van der Waals surface area (Å²) in [6, 6.07) is 0.275. The molecule has 3 fully saturated rings. The molecule has 2 saturated heterocycles. The highest BCUT2D eigenvalue weighted by atomic mass is 16.5. The number of hydrogen-bond donors (Lipinski definition) is 0. The Kier molecular flexibility index (Phi) is 1.91. The molecule has 0 radical (unpaired) electrons. The minimum Gasteiger partial charge on any atom is -0.457 e. The lowest BCUT2D eigenvalue weighted by atomic mass is 9.96. The molecule has 0 N–H and O–H groups in total. The van der Waals surface area contributed by atoms with E-state index < -0.39 is 0 Å². The van der Waals surface area contributed by atoms with E-state index >= 15 is 0 Å². The van der Waals surface area contributed by atoms with Crippen LogP contribution in [0.3, 0.4) is 0 Å². The number of carbonyl (C=O) groups is 2. The molecule has 2 heterocycles. The molecule has 4 heteroatoms. The van der Waals surface area contributed by atoms with Crippen LogP contribution >= 0.6 is 0 Å². The van der Waals surface area contributed by atoms with Crippen LogP contribution in [0.5, 0.6) is 0 Å². The van der Waals surface area contributed by atoms with E-state index in [1.165, 1.54) is 0 Å². The van der Waals surface area contributed by atoms with Crippen molar-refractivity contribution in [1.82, 2.24) is 4.90 Å². The van der Waals surface area contributed by atoms with Crippen molar-refractivity contribution >= 4 is 11.9 Å². The summed E-state index contributed by atoms with van der Waals surface area (Å²) in [6.45, 7) is 5.23. The predicted octanol–water partition coefficient (Wildman–Crippen LogP) is 0.867. The van der Waals surface area contributed by atoms with Gasteiger partial charge in [0.2, 0.25) is 5.91 Å². The van der Waals surface area contributed by atoms with Gasteiger partial charge in [0.1, 0.15) is 12.1 Å². The number of fused-ring (bicyclic) bond motifs is 4. The molecular formula is C12H15NO3. The van der Waals surface area contributed by atoms with E-state index in [0.717, 1.165) is 19.3 Å². The third-order valence-electron chi connectivity index (χ3n) is 3.96. The van der Waals surface area contributed by atoms with Crippen molar-refractivity contribution in [3.8, 4) is 0 Å². The molecule has 3 aliphatic rings. The first-order valence-corrected chi connectivity index (χ1v) is 5.78. The fourth-order valence-electron chi connectivity index (χ4n) is 3.10. The standard InChI is InChI=1S/C12H15NO3/c1-6(2)12(15)16-10-7-3-4-8(10)13-9(5-7)11(13)14/h7-10H,1,3-5H2,2H3. The maximum Gasteiger partial charge on any atom is 0.333 e. The van der Waals surface area contributed by atoms with Crippen LogP contribution in [0.2, 0.25) is 0 Å². The molecule has 2 bridgehead atoms. The fourth-order valence-corrected chi connectivity index (χ4v) is 3.10. The van der Waals surface area contributed by atoms with E-state index in [9.17, 15) is 9.59 Å². The summed E-state index contributed by atoms with van der Waals surface area (Å²) in [5, 5.41) is 0. The van der Waals surface area contributed by atoms with E-state index in [1.807, 2.05) is 4.90 Å². The molecule has 4 atom stereocenters. The van der Waals surface area contributed by atoms with E-state index in [1.54, 1.807) is 6.92 Å². The second-order valence-electron chi connectivity index (χ2n) is 5.05. The molecule has 0 aromatic heterocycles. The van der Waals surface area contributed by atoms with Crippen LogP contribution in [0.25, 0.3) is 0 Å². The third-order valence-corrected chi connectivity index (χ3v) is 3.96. The van der Waals surface area contributed by atoms with Gasteiger partial charge in [0.05, 0.1) is 6.04 Å². The largest absolute Gasteiger partial charge is 0.457 e. The van der Waals surface area contributed by atoms with Gasteiger partial charge < -0.3 is 9.64 Å². The molecule has 1 amide bonds. The van der Waals surface area contributed by atoms with Crippen molar-refractivity contribution in [1.29, 1.82) is 0 Å². The molecule has 0 aromatic rings. The zero-order valence-corrected chi connectivity index (χ0v) is 9.31. The molecule has 16 heavy (non-hydrogen) atoms. The molecule has 0 spiro atoms. The molecule has 0 aromatic carbocycles. The Labute approximate surface area is 94.2 Å². The summed E-state index contributed by atoms with van der Waals surface area (Å²) >= 11 is 0. The van der Waals surface area contributed by atoms with Gasteiger partial charge >= 0.3 is 5.97 Å². The minimum atomic E-state index is -0.324. The lowest BCUT2D eigenvalue weighted by molar-refractivity contribution is -0.149.